The van der Waals surface area contributed by atoms with Crippen LogP contribution in [0, 0.1) is 0 Å². The predicted molar refractivity (Wildman–Crippen MR) is 54.1 cm³/mol. The highest BCUT2D eigenvalue weighted by Gasteiger charge is 2.37. The van der Waals surface area contributed by atoms with Crippen LogP contribution in [0.2, 0.25) is 0 Å². The van der Waals surface area contributed by atoms with Gasteiger partial charge in [-0.05, 0) is 29.8 Å². The average molecular weight is 280 g/mol. The van der Waals surface area contributed by atoms with Crippen LogP contribution in [0.4, 0.5) is 26.3 Å². The van der Waals surface area contributed by atoms with E-state index in [4.69, 9.17) is 0 Å². The highest BCUT2D eigenvalue weighted by Crippen LogP contribution is 2.38. The van der Waals surface area contributed by atoms with Gasteiger partial charge in [0.05, 0.1) is 23.7 Å². The molecule has 0 aliphatic heterocycles. The van der Waals surface area contributed by atoms with E-state index in [9.17, 15) is 26.3 Å². The minimum absolute atomic E-state index is 0.0869. The molecule has 1 aromatic carbocycles. The van der Waals surface area contributed by atoms with Gasteiger partial charge < -0.3 is 4.42 Å². The normalized spacial score (nSPS) is 12.7. The lowest BCUT2D eigenvalue weighted by Crippen LogP contribution is -2.10. The van der Waals surface area contributed by atoms with Crippen molar-refractivity contribution >= 4 is 0 Å². The summed E-state index contributed by atoms with van der Waals surface area (Å²) in [5.74, 6) is 0. The number of hydrogen-bond acceptors (Lipinski definition) is 1. The van der Waals surface area contributed by atoms with Crippen molar-refractivity contribution in [1.29, 1.82) is 0 Å². The Hall–Kier alpha value is -1.92. The monoisotopic (exact) mass is 280 g/mol. The summed E-state index contributed by atoms with van der Waals surface area (Å²) in [5.41, 5.74) is -2.75. The quantitative estimate of drug-likeness (QED) is 0.671. The Morgan fingerprint density at radius 2 is 1.26 bits per heavy atom. The molecule has 0 saturated carbocycles. The van der Waals surface area contributed by atoms with Gasteiger partial charge in [0.1, 0.15) is 0 Å². The lowest BCUT2D eigenvalue weighted by molar-refractivity contribution is -0.143. The lowest BCUT2D eigenvalue weighted by atomic mass is 10.0. The van der Waals surface area contributed by atoms with Crippen LogP contribution < -0.4 is 0 Å². The Balaban J connectivity index is 2.62. The number of hydrogen-bond donors (Lipinski definition) is 0. The van der Waals surface area contributed by atoms with Gasteiger partial charge in [-0.15, -0.1) is 0 Å². The molecule has 0 N–H and O–H groups in total. The largest absolute Gasteiger partial charge is 0.472 e. The molecule has 1 nitrogen and oxygen atoms in total. The number of benzene rings is 1. The topological polar surface area (TPSA) is 13.1 Å². The minimum Gasteiger partial charge on any atom is -0.472 e. The molecule has 0 aliphatic carbocycles. The minimum atomic E-state index is -4.85. The maximum Gasteiger partial charge on any atom is 0.416 e. The van der Waals surface area contributed by atoms with Crippen molar-refractivity contribution in [3.05, 3.63) is 47.9 Å². The van der Waals surface area contributed by atoms with E-state index in [-0.39, 0.29) is 17.2 Å². The van der Waals surface area contributed by atoms with Gasteiger partial charge in [-0.1, -0.05) is 0 Å². The highest BCUT2D eigenvalue weighted by atomic mass is 19.4. The first-order valence-corrected chi connectivity index (χ1v) is 5.00. The third-order valence-electron chi connectivity index (χ3n) is 2.44. The molecule has 0 amide bonds. The van der Waals surface area contributed by atoms with Crippen molar-refractivity contribution in [2.24, 2.45) is 0 Å². The Morgan fingerprint density at radius 1 is 0.737 bits per heavy atom. The van der Waals surface area contributed by atoms with Crippen LogP contribution >= 0.6 is 0 Å². The summed E-state index contributed by atoms with van der Waals surface area (Å²) in [7, 11) is 0. The standard InChI is InChI=1S/C12H6F6O/c13-11(14,15)9-3-8(7-1-2-19-6-7)4-10(5-9)12(16,17)18/h1-6H. The van der Waals surface area contributed by atoms with Crippen molar-refractivity contribution in [3.63, 3.8) is 0 Å². The fraction of sp³-hybridized carbons (Fsp3) is 0.167. The molecule has 0 radical (unpaired) electrons. The number of alkyl halides is 6. The van der Waals surface area contributed by atoms with Crippen molar-refractivity contribution < 1.29 is 30.8 Å². The zero-order valence-corrected chi connectivity index (χ0v) is 9.14. The first-order valence-electron chi connectivity index (χ1n) is 5.00. The van der Waals surface area contributed by atoms with Crippen LogP contribution in [0.1, 0.15) is 11.1 Å². The molecule has 0 aliphatic rings. The number of rotatable bonds is 1. The van der Waals surface area contributed by atoms with Crippen molar-refractivity contribution in [1.82, 2.24) is 0 Å². The van der Waals surface area contributed by atoms with E-state index in [0.717, 1.165) is 6.26 Å². The van der Waals surface area contributed by atoms with Crippen LogP contribution in [-0.4, -0.2) is 0 Å². The molecule has 0 unspecified atom stereocenters. The van der Waals surface area contributed by atoms with Crippen LogP contribution in [-0.2, 0) is 12.4 Å². The average Bonchev–Trinajstić information content (AvgIpc) is 2.79. The fourth-order valence-corrected chi connectivity index (χ4v) is 1.55. The van der Waals surface area contributed by atoms with E-state index in [1.54, 1.807) is 0 Å². The lowest BCUT2D eigenvalue weighted by Gasteiger charge is -2.13. The summed E-state index contributed by atoms with van der Waals surface area (Å²) in [4.78, 5) is 0. The van der Waals surface area contributed by atoms with Gasteiger partial charge in [0.2, 0.25) is 0 Å². The maximum absolute atomic E-state index is 12.6. The van der Waals surface area contributed by atoms with Gasteiger partial charge in [-0.2, -0.15) is 26.3 Å². The number of furan rings is 1. The first-order chi connectivity index (χ1) is 8.68. The van der Waals surface area contributed by atoms with Gasteiger partial charge >= 0.3 is 12.4 Å². The summed E-state index contributed by atoms with van der Waals surface area (Å²) >= 11 is 0. The van der Waals surface area contributed by atoms with E-state index in [2.05, 4.69) is 4.42 Å². The molecule has 7 heteroatoms. The molecular weight excluding hydrogens is 274 g/mol. The van der Waals surface area contributed by atoms with E-state index in [1.165, 1.54) is 12.3 Å². The SMILES string of the molecule is FC(F)(F)c1cc(-c2ccoc2)cc(C(F)(F)F)c1. The van der Waals surface area contributed by atoms with Gasteiger partial charge in [0.25, 0.3) is 0 Å². The summed E-state index contributed by atoms with van der Waals surface area (Å²) in [6, 6.07) is 2.68. The molecule has 0 bridgehead atoms. The zero-order valence-electron chi connectivity index (χ0n) is 9.14. The van der Waals surface area contributed by atoms with Gasteiger partial charge in [-0.25, -0.2) is 0 Å². The predicted octanol–water partition coefficient (Wildman–Crippen LogP) is 4.98. The Kier molecular flexibility index (Phi) is 3.07. The molecule has 0 atom stereocenters. The summed E-state index contributed by atoms with van der Waals surface area (Å²) < 4.78 is 80.2. The Morgan fingerprint density at radius 3 is 1.63 bits per heavy atom. The molecule has 0 spiro atoms. The molecule has 0 saturated heterocycles. The second kappa shape index (κ2) is 4.32. The van der Waals surface area contributed by atoms with Crippen molar-refractivity contribution in [3.8, 4) is 11.1 Å². The van der Waals surface area contributed by atoms with Crippen LogP contribution in [0.5, 0.6) is 0 Å². The second-order valence-corrected chi connectivity index (χ2v) is 3.81. The van der Waals surface area contributed by atoms with Gasteiger partial charge in [0.15, 0.2) is 0 Å². The third-order valence-corrected chi connectivity index (χ3v) is 2.44. The highest BCUT2D eigenvalue weighted by molar-refractivity contribution is 5.64. The van der Waals surface area contributed by atoms with Gasteiger partial charge in [0, 0.05) is 5.56 Å². The Bertz CT molecular complexity index is 533. The van der Waals surface area contributed by atoms with E-state index >= 15 is 0 Å². The molecule has 19 heavy (non-hydrogen) atoms. The van der Waals surface area contributed by atoms with Crippen LogP contribution in [0.25, 0.3) is 11.1 Å². The molecule has 0 fully saturated rings. The van der Waals surface area contributed by atoms with Crippen molar-refractivity contribution in [2.45, 2.75) is 12.4 Å². The van der Waals surface area contributed by atoms with Crippen LogP contribution in [0.3, 0.4) is 0 Å². The van der Waals surface area contributed by atoms with Crippen LogP contribution in [0.15, 0.2) is 41.2 Å². The fourth-order valence-electron chi connectivity index (χ4n) is 1.55. The third kappa shape index (κ3) is 2.91. The molecule has 1 aromatic heterocycles. The maximum atomic E-state index is 12.6. The molecule has 2 aromatic rings. The van der Waals surface area contributed by atoms with E-state index in [0.29, 0.717) is 12.1 Å². The smallest absolute Gasteiger partial charge is 0.416 e. The molecule has 1 heterocycles. The molecule has 102 valence electrons. The second-order valence-electron chi connectivity index (χ2n) is 3.81. The van der Waals surface area contributed by atoms with E-state index < -0.39 is 23.5 Å². The molecular formula is C12H6F6O. The van der Waals surface area contributed by atoms with E-state index in [1.807, 2.05) is 0 Å². The van der Waals surface area contributed by atoms with Crippen molar-refractivity contribution in [2.75, 3.05) is 0 Å². The summed E-state index contributed by atoms with van der Waals surface area (Å²) in [5, 5.41) is 0. The summed E-state index contributed by atoms with van der Waals surface area (Å²) in [6.07, 6.45) is -7.45. The van der Waals surface area contributed by atoms with Gasteiger partial charge in [-0.3, -0.25) is 0 Å². The first kappa shape index (κ1) is 13.5. The Labute approximate surface area is 103 Å². The molecule has 2 rings (SSSR count). The zero-order chi connectivity index (χ0) is 14.3. The summed E-state index contributed by atoms with van der Waals surface area (Å²) in [6.45, 7) is 0. The number of halogens is 6.